The van der Waals surface area contributed by atoms with E-state index in [9.17, 15) is 8.42 Å². The van der Waals surface area contributed by atoms with Gasteiger partial charge in [-0.25, -0.2) is 13.4 Å². The van der Waals surface area contributed by atoms with Crippen molar-refractivity contribution < 1.29 is 17.9 Å². The molecule has 7 heteroatoms. The van der Waals surface area contributed by atoms with Crippen LogP contribution in [0.3, 0.4) is 0 Å². The second kappa shape index (κ2) is 5.93. The highest BCUT2D eigenvalue weighted by molar-refractivity contribution is 7.92. The number of hydrogen-bond donors (Lipinski definition) is 1. The molecule has 0 amide bonds. The molecule has 2 rings (SSSR count). The summed E-state index contributed by atoms with van der Waals surface area (Å²) < 4.78 is 36.5. The summed E-state index contributed by atoms with van der Waals surface area (Å²) in [5, 5.41) is 0. The summed E-state index contributed by atoms with van der Waals surface area (Å²) in [7, 11) is -1.95. The molecule has 1 unspecified atom stereocenters. The third-order valence-corrected chi connectivity index (χ3v) is 3.78. The molecule has 0 fully saturated rings. The highest BCUT2D eigenvalue weighted by Crippen LogP contribution is 2.31. The first-order valence-electron chi connectivity index (χ1n) is 6.67. The highest BCUT2D eigenvalue weighted by atomic mass is 32.2. The summed E-state index contributed by atoms with van der Waals surface area (Å²) in [6.07, 6.45) is 1.09. The van der Waals surface area contributed by atoms with Gasteiger partial charge >= 0.3 is 0 Å². The Morgan fingerprint density at radius 3 is 2.67 bits per heavy atom. The molecule has 0 radical (unpaired) electrons. The van der Waals surface area contributed by atoms with Crippen LogP contribution in [-0.2, 0) is 14.8 Å². The summed E-state index contributed by atoms with van der Waals surface area (Å²) in [6.45, 7) is 4.64. The Kier molecular flexibility index (Phi) is 4.41. The van der Waals surface area contributed by atoms with Crippen molar-refractivity contribution in [2.24, 2.45) is 10.9 Å². The van der Waals surface area contributed by atoms with E-state index in [1.165, 1.54) is 7.11 Å². The van der Waals surface area contributed by atoms with Gasteiger partial charge in [0.2, 0.25) is 15.9 Å². The van der Waals surface area contributed by atoms with Gasteiger partial charge in [0.25, 0.3) is 0 Å². The first-order chi connectivity index (χ1) is 9.81. The lowest BCUT2D eigenvalue weighted by molar-refractivity contribution is 0.292. The smallest absolute Gasteiger partial charge is 0.229 e. The van der Waals surface area contributed by atoms with Crippen molar-refractivity contribution in [3.05, 3.63) is 23.8 Å². The van der Waals surface area contributed by atoms with E-state index in [1.54, 1.807) is 18.2 Å². The number of rotatable bonds is 5. The van der Waals surface area contributed by atoms with E-state index in [0.29, 0.717) is 35.4 Å². The molecule has 21 heavy (non-hydrogen) atoms. The number of sulfonamides is 1. The number of methoxy groups -OCH3 is 1. The number of anilines is 1. The molecule has 1 aromatic rings. The van der Waals surface area contributed by atoms with Crippen LogP contribution >= 0.6 is 0 Å². The molecule has 1 N–H and O–H groups in total. The summed E-state index contributed by atoms with van der Waals surface area (Å²) in [5.74, 6) is 1.23. The van der Waals surface area contributed by atoms with Crippen molar-refractivity contribution in [2.75, 3.05) is 24.7 Å². The van der Waals surface area contributed by atoms with Crippen LogP contribution in [0.25, 0.3) is 0 Å². The lowest BCUT2D eigenvalue weighted by atomic mass is 10.1. The van der Waals surface area contributed by atoms with Gasteiger partial charge in [-0.15, -0.1) is 0 Å². The maximum atomic E-state index is 11.6. The van der Waals surface area contributed by atoms with Gasteiger partial charge in [0.1, 0.15) is 18.0 Å². The quantitative estimate of drug-likeness (QED) is 0.900. The van der Waals surface area contributed by atoms with E-state index in [0.717, 1.165) is 6.26 Å². The molecule has 0 aliphatic carbocycles. The van der Waals surface area contributed by atoms with Crippen molar-refractivity contribution in [2.45, 2.75) is 19.9 Å². The number of ether oxygens (including phenoxy) is 2. The zero-order valence-electron chi connectivity index (χ0n) is 12.6. The van der Waals surface area contributed by atoms with Crippen LogP contribution in [0, 0.1) is 5.92 Å². The van der Waals surface area contributed by atoms with Gasteiger partial charge in [-0.05, 0) is 18.1 Å². The fourth-order valence-electron chi connectivity index (χ4n) is 2.05. The first-order valence-corrected chi connectivity index (χ1v) is 8.56. The van der Waals surface area contributed by atoms with Crippen LogP contribution in [0.15, 0.2) is 23.2 Å². The highest BCUT2D eigenvalue weighted by Gasteiger charge is 2.26. The van der Waals surface area contributed by atoms with Crippen LogP contribution in [0.5, 0.6) is 5.75 Å². The zero-order chi connectivity index (χ0) is 15.6. The molecular weight excluding hydrogens is 292 g/mol. The number of aliphatic imine (C=N–C) groups is 1. The van der Waals surface area contributed by atoms with E-state index in [4.69, 9.17) is 9.47 Å². The fourth-order valence-corrected chi connectivity index (χ4v) is 2.63. The van der Waals surface area contributed by atoms with Crippen molar-refractivity contribution in [3.8, 4) is 5.75 Å². The lowest BCUT2D eigenvalue weighted by Gasteiger charge is -2.14. The van der Waals surface area contributed by atoms with Crippen molar-refractivity contribution in [1.29, 1.82) is 0 Å². The summed E-state index contributed by atoms with van der Waals surface area (Å²) in [4.78, 5) is 4.53. The average Bonchev–Trinajstić information content (AvgIpc) is 2.86. The van der Waals surface area contributed by atoms with Crippen molar-refractivity contribution in [3.63, 3.8) is 0 Å². The Morgan fingerprint density at radius 2 is 2.14 bits per heavy atom. The second-order valence-electron chi connectivity index (χ2n) is 5.31. The molecule has 0 spiro atoms. The maximum Gasteiger partial charge on any atom is 0.229 e. The SMILES string of the molecule is COc1cccc(C2=NC(C(C)C)CO2)c1NS(C)(=O)=O. The Balaban J connectivity index is 2.47. The van der Waals surface area contributed by atoms with Crippen molar-refractivity contribution in [1.82, 2.24) is 0 Å². The minimum Gasteiger partial charge on any atom is -0.495 e. The molecule has 1 atom stereocenters. The van der Waals surface area contributed by atoms with E-state index >= 15 is 0 Å². The molecular formula is C14H20N2O4S. The van der Waals surface area contributed by atoms with Crippen LogP contribution < -0.4 is 9.46 Å². The molecule has 0 saturated carbocycles. The van der Waals surface area contributed by atoms with Crippen LogP contribution in [0.1, 0.15) is 19.4 Å². The van der Waals surface area contributed by atoms with E-state index in [2.05, 4.69) is 23.6 Å². The Bertz CT molecular complexity index is 653. The molecule has 6 nitrogen and oxygen atoms in total. The number of nitrogens with zero attached hydrogens (tertiary/aromatic N) is 1. The molecule has 0 saturated heterocycles. The minimum absolute atomic E-state index is 0.0808. The van der Waals surface area contributed by atoms with Crippen molar-refractivity contribution >= 4 is 21.6 Å². The third-order valence-electron chi connectivity index (χ3n) is 3.21. The number of benzene rings is 1. The number of hydrogen-bond acceptors (Lipinski definition) is 5. The minimum atomic E-state index is -3.43. The van der Waals surface area contributed by atoms with Gasteiger partial charge in [0.05, 0.1) is 25.0 Å². The van der Waals surface area contributed by atoms with E-state index in [1.807, 2.05) is 0 Å². The summed E-state index contributed by atoms with van der Waals surface area (Å²) >= 11 is 0. The normalized spacial score (nSPS) is 18.3. The van der Waals surface area contributed by atoms with Gasteiger partial charge in [-0.3, -0.25) is 4.72 Å². The molecule has 1 aromatic carbocycles. The van der Waals surface area contributed by atoms with Crippen LogP contribution in [0.4, 0.5) is 5.69 Å². The van der Waals surface area contributed by atoms with Gasteiger partial charge < -0.3 is 9.47 Å². The molecule has 1 heterocycles. The zero-order valence-corrected chi connectivity index (χ0v) is 13.4. The summed E-state index contributed by atoms with van der Waals surface area (Å²) in [5.41, 5.74) is 0.939. The lowest BCUT2D eigenvalue weighted by Crippen LogP contribution is -2.15. The standard InChI is InChI=1S/C14H20N2O4S/c1-9(2)11-8-20-14(15-11)10-6-5-7-12(19-3)13(10)16-21(4,17)18/h5-7,9,11,16H,8H2,1-4H3. The van der Waals surface area contributed by atoms with E-state index in [-0.39, 0.29) is 6.04 Å². The molecule has 0 aromatic heterocycles. The second-order valence-corrected chi connectivity index (χ2v) is 7.06. The van der Waals surface area contributed by atoms with Gasteiger partial charge in [0.15, 0.2) is 0 Å². The van der Waals surface area contributed by atoms with Crippen LogP contribution in [-0.4, -0.2) is 40.3 Å². The predicted molar refractivity (Wildman–Crippen MR) is 82.6 cm³/mol. The predicted octanol–water partition coefficient (Wildman–Crippen LogP) is 1.87. The van der Waals surface area contributed by atoms with E-state index < -0.39 is 10.0 Å². The maximum absolute atomic E-state index is 11.6. The third kappa shape index (κ3) is 3.66. The van der Waals surface area contributed by atoms with Gasteiger partial charge in [0, 0.05) is 0 Å². The summed E-state index contributed by atoms with van der Waals surface area (Å²) in [6, 6.07) is 5.30. The Hall–Kier alpha value is -1.76. The molecule has 0 bridgehead atoms. The largest absolute Gasteiger partial charge is 0.495 e. The first kappa shape index (κ1) is 15.6. The van der Waals surface area contributed by atoms with Gasteiger partial charge in [-0.1, -0.05) is 19.9 Å². The number of nitrogens with one attached hydrogen (secondary N) is 1. The average molecular weight is 312 g/mol. The monoisotopic (exact) mass is 312 g/mol. The fraction of sp³-hybridized carbons (Fsp3) is 0.500. The van der Waals surface area contributed by atoms with Gasteiger partial charge in [-0.2, -0.15) is 0 Å². The molecule has 116 valence electrons. The van der Waals surface area contributed by atoms with Crippen LogP contribution in [0.2, 0.25) is 0 Å². The molecule has 1 aliphatic rings. The Morgan fingerprint density at radius 1 is 1.43 bits per heavy atom. The topological polar surface area (TPSA) is 77.0 Å². The number of para-hydroxylation sites is 1. The Labute approximate surface area is 125 Å². The molecule has 1 aliphatic heterocycles.